The second-order valence-electron chi connectivity index (χ2n) is 9.99. The zero-order valence-corrected chi connectivity index (χ0v) is 19.7. The average molecular weight is 454 g/mol. The topological polar surface area (TPSA) is 72.0 Å². The van der Waals surface area contributed by atoms with Crippen LogP contribution in [0.2, 0.25) is 0 Å². The van der Waals surface area contributed by atoms with Crippen LogP contribution in [0, 0.1) is 29.6 Å². The van der Waals surface area contributed by atoms with Crippen molar-refractivity contribution in [2.24, 2.45) is 29.6 Å². The average Bonchev–Trinajstić information content (AvgIpc) is 3.45. The van der Waals surface area contributed by atoms with Crippen molar-refractivity contribution in [1.82, 2.24) is 9.88 Å². The Kier molecular flexibility index (Phi) is 6.30. The predicted octanol–water partition coefficient (Wildman–Crippen LogP) is 3.99. The number of amides is 1. The van der Waals surface area contributed by atoms with E-state index in [2.05, 4.69) is 29.2 Å². The number of hydrogen-bond donors (Lipinski definition) is 0. The zero-order valence-electron chi connectivity index (χ0n) is 19.7. The van der Waals surface area contributed by atoms with Crippen LogP contribution in [0.5, 0.6) is 0 Å². The van der Waals surface area contributed by atoms with Gasteiger partial charge in [-0.25, -0.2) is 4.79 Å². The molecule has 0 aromatic carbocycles. The Morgan fingerprint density at radius 3 is 2.82 bits per heavy atom. The molecule has 1 saturated carbocycles. The van der Waals surface area contributed by atoms with Gasteiger partial charge in [-0.2, -0.15) is 0 Å². The minimum absolute atomic E-state index is 0.0771. The van der Waals surface area contributed by atoms with Crippen molar-refractivity contribution in [2.75, 3.05) is 37.7 Å². The minimum atomic E-state index is -0.241. The van der Waals surface area contributed by atoms with Gasteiger partial charge in [0.05, 0.1) is 30.1 Å². The summed E-state index contributed by atoms with van der Waals surface area (Å²) in [4.78, 5) is 33.8. The van der Waals surface area contributed by atoms with E-state index in [0.717, 1.165) is 31.6 Å². The number of hydrogen-bond acceptors (Lipinski definition) is 6. The highest BCUT2D eigenvalue weighted by atomic mass is 16.6. The summed E-state index contributed by atoms with van der Waals surface area (Å²) in [7, 11) is 0. The van der Waals surface area contributed by atoms with E-state index in [-0.39, 0.29) is 41.8 Å². The second-order valence-corrected chi connectivity index (χ2v) is 9.99. The standard InChI is InChI=1S/C26H35N3O4/c1-3-32-26(31)29-13-10-21-18(16-29)14-23-24(17(2)33-25(23)30)22(21)9-7-19-6-8-20(15-27-19)28-11-4-5-12-28/h6-9,15,17-18,21-24H,3-5,10-14,16H2,1-2H3/t17-,18-,21-,22+,23-,24+/m1/s1. The van der Waals surface area contributed by atoms with E-state index < -0.39 is 0 Å². The molecule has 0 radical (unpaired) electrons. The number of nitrogens with zero attached hydrogens (tertiary/aromatic N) is 3. The summed E-state index contributed by atoms with van der Waals surface area (Å²) in [6, 6.07) is 4.25. The van der Waals surface area contributed by atoms with Crippen LogP contribution in [0.1, 0.15) is 45.2 Å². The van der Waals surface area contributed by atoms with Crippen LogP contribution < -0.4 is 4.90 Å². The minimum Gasteiger partial charge on any atom is -0.462 e. The number of aromatic nitrogens is 1. The van der Waals surface area contributed by atoms with Crippen LogP contribution in [0.4, 0.5) is 10.5 Å². The van der Waals surface area contributed by atoms with Gasteiger partial charge in [-0.1, -0.05) is 6.08 Å². The van der Waals surface area contributed by atoms with Gasteiger partial charge in [0.2, 0.25) is 0 Å². The number of anilines is 1. The Balaban J connectivity index is 1.35. The maximum absolute atomic E-state index is 12.6. The van der Waals surface area contributed by atoms with E-state index in [1.165, 1.54) is 18.5 Å². The van der Waals surface area contributed by atoms with Gasteiger partial charge < -0.3 is 19.3 Å². The summed E-state index contributed by atoms with van der Waals surface area (Å²) in [6.45, 7) is 7.82. The Bertz CT molecular complexity index is 895. The van der Waals surface area contributed by atoms with E-state index in [4.69, 9.17) is 14.5 Å². The van der Waals surface area contributed by atoms with Crippen molar-refractivity contribution in [3.05, 3.63) is 30.1 Å². The van der Waals surface area contributed by atoms with E-state index in [0.29, 0.717) is 25.6 Å². The zero-order chi connectivity index (χ0) is 22.9. The molecule has 7 nitrogen and oxygen atoms in total. The number of ether oxygens (including phenoxy) is 2. The van der Waals surface area contributed by atoms with Crippen LogP contribution in [0.15, 0.2) is 24.4 Å². The van der Waals surface area contributed by atoms with Gasteiger partial charge in [0.15, 0.2) is 0 Å². The van der Waals surface area contributed by atoms with Crippen molar-refractivity contribution in [3.63, 3.8) is 0 Å². The number of carbonyl (C=O) groups is 2. The summed E-state index contributed by atoms with van der Waals surface area (Å²) in [5, 5.41) is 0. The predicted molar refractivity (Wildman–Crippen MR) is 126 cm³/mol. The summed E-state index contributed by atoms with van der Waals surface area (Å²) < 4.78 is 10.9. The molecular formula is C26H35N3O4. The van der Waals surface area contributed by atoms with Crippen molar-refractivity contribution in [3.8, 4) is 0 Å². The van der Waals surface area contributed by atoms with Crippen LogP contribution in [0.3, 0.4) is 0 Å². The summed E-state index contributed by atoms with van der Waals surface area (Å²) in [6.07, 6.45) is 10.3. The lowest BCUT2D eigenvalue weighted by Gasteiger charge is -2.48. The van der Waals surface area contributed by atoms with Gasteiger partial charge in [-0.05, 0) is 75.5 Å². The largest absolute Gasteiger partial charge is 0.462 e. The Morgan fingerprint density at radius 1 is 1.27 bits per heavy atom. The lowest BCUT2D eigenvalue weighted by atomic mass is 9.59. The maximum atomic E-state index is 12.6. The first-order valence-electron chi connectivity index (χ1n) is 12.6. The van der Waals surface area contributed by atoms with Crippen LogP contribution in [0.25, 0.3) is 6.08 Å². The third-order valence-electron chi connectivity index (χ3n) is 8.16. The molecule has 1 aromatic rings. The first kappa shape index (κ1) is 22.2. The third-order valence-corrected chi connectivity index (χ3v) is 8.16. The molecule has 3 aliphatic heterocycles. The highest BCUT2D eigenvalue weighted by molar-refractivity contribution is 5.76. The fourth-order valence-electron chi connectivity index (χ4n) is 6.61. The molecule has 1 aliphatic carbocycles. The summed E-state index contributed by atoms with van der Waals surface area (Å²) in [5.74, 6) is 0.957. The molecular weight excluding hydrogens is 418 g/mol. The van der Waals surface area contributed by atoms with Crippen molar-refractivity contribution in [2.45, 2.75) is 45.6 Å². The molecule has 4 aliphatic rings. The Labute approximate surface area is 196 Å². The molecule has 0 spiro atoms. The van der Waals surface area contributed by atoms with Crippen molar-refractivity contribution < 1.29 is 19.1 Å². The van der Waals surface area contributed by atoms with Gasteiger partial charge in [0, 0.05) is 32.1 Å². The number of pyridine rings is 1. The van der Waals surface area contributed by atoms with Crippen LogP contribution in [-0.2, 0) is 14.3 Å². The molecule has 3 saturated heterocycles. The van der Waals surface area contributed by atoms with E-state index in [1.54, 1.807) is 0 Å². The SMILES string of the molecule is CCOC(=O)N1CC[C@@H]2[C@H](C[C@H]3C(=O)O[C@H](C)[C@H]3[C@H]2C=Cc2ccc(N3CCCC3)cn2)C1. The molecule has 178 valence electrons. The molecule has 4 heterocycles. The maximum Gasteiger partial charge on any atom is 0.409 e. The van der Waals surface area contributed by atoms with Crippen LogP contribution >= 0.6 is 0 Å². The smallest absolute Gasteiger partial charge is 0.409 e. The van der Waals surface area contributed by atoms with Gasteiger partial charge >= 0.3 is 12.1 Å². The molecule has 1 aromatic heterocycles. The van der Waals surface area contributed by atoms with Gasteiger partial charge in [-0.15, -0.1) is 0 Å². The molecule has 5 rings (SSSR count). The van der Waals surface area contributed by atoms with Gasteiger partial charge in [0.25, 0.3) is 0 Å². The van der Waals surface area contributed by atoms with Gasteiger partial charge in [-0.3, -0.25) is 9.78 Å². The summed E-state index contributed by atoms with van der Waals surface area (Å²) in [5.41, 5.74) is 2.13. The second kappa shape index (κ2) is 9.35. The van der Waals surface area contributed by atoms with Gasteiger partial charge in [0.1, 0.15) is 6.10 Å². The third kappa shape index (κ3) is 4.34. The lowest BCUT2D eigenvalue weighted by Crippen LogP contribution is -2.51. The van der Waals surface area contributed by atoms with E-state index in [1.807, 2.05) is 24.9 Å². The number of fused-ring (bicyclic) bond motifs is 2. The molecule has 1 amide bonds. The molecule has 6 atom stereocenters. The number of likely N-dealkylation sites (tertiary alicyclic amines) is 1. The molecule has 0 unspecified atom stereocenters. The van der Waals surface area contributed by atoms with Crippen molar-refractivity contribution >= 4 is 23.8 Å². The number of esters is 1. The normalized spacial score (nSPS) is 33.7. The Hall–Kier alpha value is -2.57. The molecule has 33 heavy (non-hydrogen) atoms. The quantitative estimate of drug-likeness (QED) is 0.642. The lowest BCUT2D eigenvalue weighted by molar-refractivity contribution is -0.144. The monoisotopic (exact) mass is 453 g/mol. The first-order chi connectivity index (χ1) is 16.0. The molecule has 4 fully saturated rings. The highest BCUT2D eigenvalue weighted by Gasteiger charge is 2.54. The Morgan fingerprint density at radius 2 is 2.09 bits per heavy atom. The molecule has 0 N–H and O–H groups in total. The van der Waals surface area contributed by atoms with E-state index >= 15 is 0 Å². The molecule has 7 heteroatoms. The highest BCUT2D eigenvalue weighted by Crippen LogP contribution is 2.51. The fourth-order valence-corrected chi connectivity index (χ4v) is 6.61. The van der Waals surface area contributed by atoms with Crippen LogP contribution in [-0.4, -0.2) is 60.8 Å². The van der Waals surface area contributed by atoms with E-state index in [9.17, 15) is 9.59 Å². The number of rotatable bonds is 4. The first-order valence-corrected chi connectivity index (χ1v) is 12.6. The van der Waals surface area contributed by atoms with Crippen molar-refractivity contribution in [1.29, 1.82) is 0 Å². The number of cyclic esters (lactones) is 1. The fraction of sp³-hybridized carbons (Fsp3) is 0.654. The molecule has 0 bridgehead atoms. The number of allylic oxidation sites excluding steroid dienone is 1. The number of piperidine rings is 1. The number of carbonyl (C=O) groups excluding carboxylic acids is 2. The summed E-state index contributed by atoms with van der Waals surface area (Å²) >= 11 is 0.